The van der Waals surface area contributed by atoms with Gasteiger partial charge in [-0.1, -0.05) is 11.3 Å². The Labute approximate surface area is 107 Å². The van der Waals surface area contributed by atoms with Gasteiger partial charge in [0.2, 0.25) is 5.13 Å². The van der Waals surface area contributed by atoms with Crippen LogP contribution in [0.3, 0.4) is 0 Å². The van der Waals surface area contributed by atoms with Crippen LogP contribution in [0.15, 0.2) is 22.8 Å². The van der Waals surface area contributed by atoms with E-state index in [0.717, 1.165) is 17.8 Å². The van der Waals surface area contributed by atoms with Gasteiger partial charge in [0.05, 0.1) is 6.26 Å². The highest BCUT2D eigenvalue weighted by atomic mass is 35.5. The molecule has 0 aliphatic heterocycles. The van der Waals surface area contributed by atoms with Crippen molar-refractivity contribution in [3.05, 3.63) is 29.2 Å². The van der Waals surface area contributed by atoms with Gasteiger partial charge in [-0.3, -0.25) is 10.1 Å². The minimum absolute atomic E-state index is 0.252. The summed E-state index contributed by atoms with van der Waals surface area (Å²) in [5.41, 5.74) is 0. The van der Waals surface area contributed by atoms with Gasteiger partial charge in [0.25, 0.3) is 5.91 Å². The molecule has 0 bridgehead atoms. The smallest absolute Gasteiger partial charge is 0.293 e. The maximum Gasteiger partial charge on any atom is 0.293 e. The van der Waals surface area contributed by atoms with Crippen molar-refractivity contribution >= 4 is 34.0 Å². The second kappa shape index (κ2) is 5.79. The molecule has 0 fully saturated rings. The fourth-order valence-electron chi connectivity index (χ4n) is 1.19. The van der Waals surface area contributed by atoms with E-state index in [1.165, 1.54) is 17.6 Å². The van der Waals surface area contributed by atoms with Crippen molar-refractivity contribution in [2.75, 3.05) is 11.2 Å². The largest absolute Gasteiger partial charge is 0.459 e. The molecule has 0 aliphatic carbocycles. The Bertz CT molecular complexity index is 483. The van der Waals surface area contributed by atoms with Gasteiger partial charge in [-0.05, 0) is 18.6 Å². The maximum atomic E-state index is 11.6. The third kappa shape index (κ3) is 3.28. The highest BCUT2D eigenvalue weighted by Gasteiger charge is 2.11. The molecule has 0 saturated heterocycles. The van der Waals surface area contributed by atoms with Crippen LogP contribution in [0.1, 0.15) is 22.0 Å². The Morgan fingerprint density at radius 2 is 2.41 bits per heavy atom. The van der Waals surface area contributed by atoms with Crippen molar-refractivity contribution in [2.45, 2.75) is 12.8 Å². The highest BCUT2D eigenvalue weighted by molar-refractivity contribution is 7.15. The van der Waals surface area contributed by atoms with Crippen molar-refractivity contribution in [3.8, 4) is 0 Å². The number of halogens is 1. The Hall–Kier alpha value is -1.40. The average molecular weight is 272 g/mol. The lowest BCUT2D eigenvalue weighted by molar-refractivity contribution is 0.0996. The molecule has 1 amide bonds. The first kappa shape index (κ1) is 12.1. The number of anilines is 1. The molecule has 5 nitrogen and oxygen atoms in total. The topological polar surface area (TPSA) is 68.0 Å². The van der Waals surface area contributed by atoms with E-state index in [4.69, 9.17) is 16.0 Å². The van der Waals surface area contributed by atoms with E-state index in [9.17, 15) is 4.79 Å². The first-order chi connectivity index (χ1) is 8.29. The molecular formula is C10H10ClN3O2S. The molecule has 2 aromatic heterocycles. The quantitative estimate of drug-likeness (QED) is 0.849. The molecule has 0 saturated carbocycles. The SMILES string of the molecule is O=C(Nc1nnc(CCCCl)s1)c1ccco1. The fourth-order valence-corrected chi connectivity index (χ4v) is 2.10. The number of carbonyl (C=O) groups excluding carboxylic acids is 1. The highest BCUT2D eigenvalue weighted by Crippen LogP contribution is 2.17. The number of furan rings is 1. The van der Waals surface area contributed by atoms with Gasteiger partial charge in [-0.2, -0.15) is 0 Å². The Balaban J connectivity index is 1.95. The number of nitrogens with zero attached hydrogens (tertiary/aromatic N) is 2. The summed E-state index contributed by atoms with van der Waals surface area (Å²) in [6, 6.07) is 3.24. The molecule has 0 atom stereocenters. The summed E-state index contributed by atoms with van der Waals surface area (Å²) >= 11 is 6.93. The molecule has 0 radical (unpaired) electrons. The summed E-state index contributed by atoms with van der Waals surface area (Å²) in [6.07, 6.45) is 3.07. The molecule has 2 rings (SSSR count). The number of alkyl halides is 1. The number of rotatable bonds is 5. The second-order valence-corrected chi connectivity index (χ2v) is 4.66. The van der Waals surface area contributed by atoms with Crippen LogP contribution in [0.25, 0.3) is 0 Å². The van der Waals surface area contributed by atoms with Crippen molar-refractivity contribution in [3.63, 3.8) is 0 Å². The van der Waals surface area contributed by atoms with Gasteiger partial charge in [0, 0.05) is 12.3 Å². The van der Waals surface area contributed by atoms with Crippen LogP contribution < -0.4 is 5.32 Å². The van der Waals surface area contributed by atoms with E-state index in [-0.39, 0.29) is 11.7 Å². The number of aryl methyl sites for hydroxylation is 1. The third-order valence-electron chi connectivity index (χ3n) is 1.96. The Morgan fingerprint density at radius 3 is 3.12 bits per heavy atom. The van der Waals surface area contributed by atoms with E-state index < -0.39 is 0 Å². The number of nitrogens with one attached hydrogen (secondary N) is 1. The van der Waals surface area contributed by atoms with Crippen LogP contribution in [0, 0.1) is 0 Å². The van der Waals surface area contributed by atoms with Crippen molar-refractivity contribution in [1.82, 2.24) is 10.2 Å². The zero-order chi connectivity index (χ0) is 12.1. The molecule has 1 N–H and O–H groups in total. The van der Waals surface area contributed by atoms with Gasteiger partial charge in [-0.25, -0.2) is 0 Å². The maximum absolute atomic E-state index is 11.6. The molecule has 7 heteroatoms. The summed E-state index contributed by atoms with van der Waals surface area (Å²) in [5.74, 6) is 0.519. The molecule has 90 valence electrons. The third-order valence-corrected chi connectivity index (χ3v) is 3.12. The number of amides is 1. The van der Waals surface area contributed by atoms with E-state index in [0.29, 0.717) is 11.0 Å². The second-order valence-electron chi connectivity index (χ2n) is 3.22. The van der Waals surface area contributed by atoms with E-state index in [1.54, 1.807) is 12.1 Å². The van der Waals surface area contributed by atoms with Crippen molar-refractivity contribution < 1.29 is 9.21 Å². The first-order valence-electron chi connectivity index (χ1n) is 5.03. The lowest BCUT2D eigenvalue weighted by Gasteiger charge is -1.95. The Kier molecular flexibility index (Phi) is 4.11. The van der Waals surface area contributed by atoms with Crippen molar-refractivity contribution in [2.24, 2.45) is 0 Å². The fraction of sp³-hybridized carbons (Fsp3) is 0.300. The minimum Gasteiger partial charge on any atom is -0.459 e. The summed E-state index contributed by atoms with van der Waals surface area (Å²) in [4.78, 5) is 11.6. The predicted molar refractivity (Wildman–Crippen MR) is 65.6 cm³/mol. The molecular weight excluding hydrogens is 262 g/mol. The number of hydrogen-bond acceptors (Lipinski definition) is 5. The monoisotopic (exact) mass is 271 g/mol. The van der Waals surface area contributed by atoms with Crippen LogP contribution in [0.2, 0.25) is 0 Å². The Morgan fingerprint density at radius 1 is 1.53 bits per heavy atom. The molecule has 2 aromatic rings. The normalized spacial score (nSPS) is 10.4. The van der Waals surface area contributed by atoms with E-state index >= 15 is 0 Å². The molecule has 0 aliphatic rings. The number of aromatic nitrogens is 2. The lowest BCUT2D eigenvalue weighted by Crippen LogP contribution is -2.10. The average Bonchev–Trinajstić information content (AvgIpc) is 2.97. The van der Waals surface area contributed by atoms with Crippen LogP contribution in [0.5, 0.6) is 0 Å². The number of carbonyl (C=O) groups is 1. The summed E-state index contributed by atoms with van der Waals surface area (Å²) < 4.78 is 4.97. The van der Waals surface area contributed by atoms with Gasteiger partial charge in [0.15, 0.2) is 5.76 Å². The predicted octanol–water partition coefficient (Wildman–Crippen LogP) is 2.55. The zero-order valence-electron chi connectivity index (χ0n) is 8.85. The summed E-state index contributed by atoms with van der Waals surface area (Å²) in [7, 11) is 0. The number of hydrogen-bond donors (Lipinski definition) is 1. The van der Waals surface area contributed by atoms with Crippen molar-refractivity contribution in [1.29, 1.82) is 0 Å². The summed E-state index contributed by atoms with van der Waals surface area (Å²) in [6.45, 7) is 0. The van der Waals surface area contributed by atoms with Gasteiger partial charge in [0.1, 0.15) is 5.01 Å². The molecule has 17 heavy (non-hydrogen) atoms. The zero-order valence-corrected chi connectivity index (χ0v) is 10.4. The lowest BCUT2D eigenvalue weighted by atomic mass is 10.4. The summed E-state index contributed by atoms with van der Waals surface area (Å²) in [5, 5.41) is 11.8. The standard InChI is InChI=1S/C10H10ClN3O2S/c11-5-1-4-8-13-14-10(17-8)12-9(15)7-3-2-6-16-7/h2-3,6H,1,4-5H2,(H,12,14,15). The molecule has 2 heterocycles. The molecule has 0 aromatic carbocycles. The first-order valence-corrected chi connectivity index (χ1v) is 6.38. The molecule has 0 unspecified atom stereocenters. The minimum atomic E-state index is -0.324. The van der Waals surface area contributed by atoms with Crippen LogP contribution in [-0.2, 0) is 6.42 Å². The van der Waals surface area contributed by atoms with Gasteiger partial charge in [-0.15, -0.1) is 21.8 Å². The van der Waals surface area contributed by atoms with E-state index in [1.807, 2.05) is 0 Å². The molecule has 0 spiro atoms. The van der Waals surface area contributed by atoms with Gasteiger partial charge < -0.3 is 4.42 Å². The van der Waals surface area contributed by atoms with Crippen LogP contribution in [0.4, 0.5) is 5.13 Å². The van der Waals surface area contributed by atoms with Crippen LogP contribution >= 0.6 is 22.9 Å². The van der Waals surface area contributed by atoms with Crippen LogP contribution in [-0.4, -0.2) is 22.0 Å². The van der Waals surface area contributed by atoms with Gasteiger partial charge >= 0.3 is 0 Å². The van der Waals surface area contributed by atoms with E-state index in [2.05, 4.69) is 15.5 Å².